The van der Waals surface area contributed by atoms with Crippen molar-refractivity contribution < 1.29 is 18.0 Å². The number of hydrogen-bond donors (Lipinski definition) is 2. The van der Waals surface area contributed by atoms with Gasteiger partial charge in [0.05, 0.1) is 17.1 Å². The molecular weight excluding hydrogens is 405 g/mol. The van der Waals surface area contributed by atoms with Gasteiger partial charge in [-0.3, -0.25) is 4.79 Å². The third-order valence-electron chi connectivity index (χ3n) is 5.78. The van der Waals surface area contributed by atoms with E-state index in [9.17, 15) is 18.0 Å². The van der Waals surface area contributed by atoms with Gasteiger partial charge in [-0.25, -0.2) is 4.98 Å². The summed E-state index contributed by atoms with van der Waals surface area (Å²) in [5, 5.41) is 0.767. The molecule has 31 heavy (non-hydrogen) atoms. The van der Waals surface area contributed by atoms with Crippen LogP contribution in [-0.4, -0.2) is 22.3 Å². The average Bonchev–Trinajstić information content (AvgIpc) is 2.77. The zero-order valence-corrected chi connectivity index (χ0v) is 16.8. The molecule has 4 rings (SSSR count). The molecule has 4 N–H and O–H groups in total. The van der Waals surface area contributed by atoms with Gasteiger partial charge in [0.2, 0.25) is 0 Å². The number of nitrogens with zero attached hydrogens (tertiary/aromatic N) is 2. The van der Waals surface area contributed by atoms with Crippen LogP contribution >= 0.6 is 0 Å². The van der Waals surface area contributed by atoms with E-state index in [1.54, 1.807) is 23.1 Å². The van der Waals surface area contributed by atoms with Crippen molar-refractivity contribution in [3.63, 3.8) is 0 Å². The number of alkyl halides is 3. The fourth-order valence-corrected chi connectivity index (χ4v) is 4.11. The minimum absolute atomic E-state index is 0.155. The molecule has 5 nitrogen and oxygen atoms in total. The number of nitrogens with two attached hydrogens (primary N) is 2. The number of aromatic nitrogens is 1. The molecule has 1 aliphatic rings. The van der Waals surface area contributed by atoms with Crippen molar-refractivity contribution in [1.82, 2.24) is 9.88 Å². The Morgan fingerprint density at radius 3 is 2.52 bits per heavy atom. The molecule has 1 saturated heterocycles. The van der Waals surface area contributed by atoms with E-state index in [4.69, 9.17) is 11.5 Å². The molecule has 0 radical (unpaired) electrons. The largest absolute Gasteiger partial charge is 0.416 e. The van der Waals surface area contributed by atoms with E-state index in [2.05, 4.69) is 4.98 Å². The summed E-state index contributed by atoms with van der Waals surface area (Å²) in [5.41, 5.74) is 13.5. The van der Waals surface area contributed by atoms with Crippen LogP contribution in [0.4, 0.5) is 19.0 Å². The zero-order chi connectivity index (χ0) is 22.2. The van der Waals surface area contributed by atoms with Crippen molar-refractivity contribution in [2.45, 2.75) is 38.0 Å². The van der Waals surface area contributed by atoms with Crippen LogP contribution in [-0.2, 0) is 12.7 Å². The van der Waals surface area contributed by atoms with Gasteiger partial charge in [0, 0.05) is 29.6 Å². The number of hydrogen-bond acceptors (Lipinski definition) is 4. The molecule has 162 valence electrons. The standard InChI is InChI=1S/C23H23F3N4O/c24-23(25,26)18-7-4-14(5-8-18)20-3-1-2-10-30(20)22(31)15-6-9-19-16(11-15)12-17(13-27)21(28)29-19/h4-9,11-12,20H,1-3,10,13,27H2,(H2,28,29). The predicted molar refractivity (Wildman–Crippen MR) is 113 cm³/mol. The van der Waals surface area contributed by atoms with Crippen LogP contribution in [0.25, 0.3) is 10.9 Å². The van der Waals surface area contributed by atoms with Crippen LogP contribution in [0.2, 0.25) is 0 Å². The molecule has 0 bridgehead atoms. The lowest BCUT2D eigenvalue weighted by atomic mass is 9.93. The van der Waals surface area contributed by atoms with Gasteiger partial charge in [0.15, 0.2) is 0 Å². The molecule has 1 amide bonds. The monoisotopic (exact) mass is 428 g/mol. The second-order valence-corrected chi connectivity index (χ2v) is 7.77. The van der Waals surface area contributed by atoms with E-state index >= 15 is 0 Å². The Morgan fingerprint density at radius 2 is 1.84 bits per heavy atom. The van der Waals surface area contributed by atoms with Crippen molar-refractivity contribution in [3.05, 3.63) is 70.8 Å². The van der Waals surface area contributed by atoms with Crippen LogP contribution in [0, 0.1) is 0 Å². The number of fused-ring (bicyclic) bond motifs is 1. The van der Waals surface area contributed by atoms with Gasteiger partial charge in [0.25, 0.3) is 5.91 Å². The normalized spacial score (nSPS) is 17.2. The van der Waals surface area contributed by atoms with E-state index in [0.717, 1.165) is 30.4 Å². The van der Waals surface area contributed by atoms with E-state index in [0.29, 0.717) is 41.0 Å². The molecule has 2 aromatic carbocycles. The molecule has 3 aromatic rings. The lowest BCUT2D eigenvalue weighted by Crippen LogP contribution is -2.38. The second-order valence-electron chi connectivity index (χ2n) is 7.77. The molecule has 1 aromatic heterocycles. The summed E-state index contributed by atoms with van der Waals surface area (Å²) in [4.78, 5) is 19.4. The molecule has 1 aliphatic heterocycles. The Bertz CT molecular complexity index is 1110. The topological polar surface area (TPSA) is 85.2 Å². The number of pyridine rings is 1. The smallest absolute Gasteiger partial charge is 0.383 e. The SMILES string of the molecule is NCc1cc2cc(C(=O)N3CCCCC3c3ccc(C(F)(F)F)cc3)ccc2nc1N. The highest BCUT2D eigenvalue weighted by Crippen LogP contribution is 2.35. The lowest BCUT2D eigenvalue weighted by molar-refractivity contribution is -0.137. The van der Waals surface area contributed by atoms with Crippen molar-refractivity contribution in [1.29, 1.82) is 0 Å². The molecule has 2 heterocycles. The number of carbonyl (C=O) groups is 1. The Balaban J connectivity index is 1.65. The lowest BCUT2D eigenvalue weighted by Gasteiger charge is -2.36. The Hall–Kier alpha value is -3.13. The number of benzene rings is 2. The maximum Gasteiger partial charge on any atom is 0.416 e. The zero-order valence-electron chi connectivity index (χ0n) is 16.8. The first-order chi connectivity index (χ1) is 14.8. The van der Waals surface area contributed by atoms with Crippen molar-refractivity contribution in [2.75, 3.05) is 12.3 Å². The minimum atomic E-state index is -4.38. The number of carbonyl (C=O) groups excluding carboxylic acids is 1. The number of halogens is 3. The molecule has 0 saturated carbocycles. The van der Waals surface area contributed by atoms with E-state index in [1.165, 1.54) is 12.1 Å². The quantitative estimate of drug-likeness (QED) is 0.635. The van der Waals surface area contributed by atoms with Gasteiger partial charge < -0.3 is 16.4 Å². The highest BCUT2D eigenvalue weighted by molar-refractivity contribution is 5.98. The van der Waals surface area contributed by atoms with Crippen LogP contribution < -0.4 is 11.5 Å². The van der Waals surface area contributed by atoms with Gasteiger partial charge >= 0.3 is 6.18 Å². The summed E-state index contributed by atoms with van der Waals surface area (Å²) >= 11 is 0. The summed E-state index contributed by atoms with van der Waals surface area (Å²) in [7, 11) is 0. The molecule has 1 fully saturated rings. The van der Waals surface area contributed by atoms with Crippen molar-refractivity contribution in [2.24, 2.45) is 5.73 Å². The predicted octanol–water partition coefficient (Wildman–Crippen LogP) is 4.66. The van der Waals surface area contributed by atoms with Crippen LogP contribution in [0.1, 0.15) is 52.4 Å². The molecule has 0 aliphatic carbocycles. The summed E-state index contributed by atoms with van der Waals surface area (Å²) < 4.78 is 38.7. The van der Waals surface area contributed by atoms with Crippen molar-refractivity contribution in [3.8, 4) is 0 Å². The van der Waals surface area contributed by atoms with E-state index < -0.39 is 11.7 Å². The van der Waals surface area contributed by atoms with Crippen LogP contribution in [0.5, 0.6) is 0 Å². The third kappa shape index (κ3) is 4.20. The van der Waals surface area contributed by atoms with Gasteiger partial charge in [-0.2, -0.15) is 13.2 Å². The van der Waals surface area contributed by atoms with Gasteiger partial charge in [-0.05, 0) is 61.2 Å². The average molecular weight is 428 g/mol. The molecule has 8 heteroatoms. The van der Waals surface area contributed by atoms with Gasteiger partial charge in [0.1, 0.15) is 5.82 Å². The van der Waals surface area contributed by atoms with Gasteiger partial charge in [-0.1, -0.05) is 12.1 Å². The third-order valence-corrected chi connectivity index (χ3v) is 5.78. The van der Waals surface area contributed by atoms with Crippen LogP contribution in [0.15, 0.2) is 48.5 Å². The summed E-state index contributed by atoms with van der Waals surface area (Å²) in [5.74, 6) is 0.213. The van der Waals surface area contributed by atoms with E-state index in [-0.39, 0.29) is 18.5 Å². The van der Waals surface area contributed by atoms with Crippen molar-refractivity contribution >= 4 is 22.6 Å². The summed E-state index contributed by atoms with van der Waals surface area (Å²) in [6.07, 6.45) is -1.91. The fourth-order valence-electron chi connectivity index (χ4n) is 4.11. The Morgan fingerprint density at radius 1 is 1.10 bits per heavy atom. The first-order valence-corrected chi connectivity index (χ1v) is 10.2. The highest BCUT2D eigenvalue weighted by Gasteiger charge is 2.32. The Kier molecular flexibility index (Phi) is 5.58. The van der Waals surface area contributed by atoms with E-state index in [1.807, 2.05) is 6.07 Å². The number of rotatable bonds is 3. The molecule has 1 atom stereocenters. The minimum Gasteiger partial charge on any atom is -0.383 e. The number of piperidine rings is 1. The molecular formula is C23H23F3N4O. The maximum atomic E-state index is 13.4. The second kappa shape index (κ2) is 8.19. The molecule has 1 unspecified atom stereocenters. The Labute approximate surface area is 177 Å². The fraction of sp³-hybridized carbons (Fsp3) is 0.304. The first-order valence-electron chi connectivity index (χ1n) is 10.2. The number of amides is 1. The molecule has 0 spiro atoms. The maximum absolute atomic E-state index is 13.4. The van der Waals surface area contributed by atoms with Gasteiger partial charge in [-0.15, -0.1) is 0 Å². The van der Waals surface area contributed by atoms with Crippen LogP contribution in [0.3, 0.4) is 0 Å². The number of nitrogen functional groups attached to an aromatic ring is 1. The number of anilines is 1. The first kappa shape index (κ1) is 21.1. The summed E-state index contributed by atoms with van der Waals surface area (Å²) in [6, 6.07) is 11.9. The highest BCUT2D eigenvalue weighted by atomic mass is 19.4. The number of likely N-dealkylation sites (tertiary alicyclic amines) is 1. The summed E-state index contributed by atoms with van der Waals surface area (Å²) in [6.45, 7) is 0.797.